The minimum Gasteiger partial charge on any atom is -0.330 e. The molecule has 1 aromatic rings. The van der Waals surface area contributed by atoms with Gasteiger partial charge in [-0.05, 0) is 19.1 Å². The first kappa shape index (κ1) is 15.1. The number of benzene rings is 1. The summed E-state index contributed by atoms with van der Waals surface area (Å²) in [5.74, 6) is -0.790. The molecule has 0 bridgehead atoms. The molecule has 0 atom stereocenters. The van der Waals surface area contributed by atoms with Crippen molar-refractivity contribution in [2.24, 2.45) is 0 Å². The highest BCUT2D eigenvalue weighted by molar-refractivity contribution is 6.43. The molecule has 0 saturated heterocycles. The maximum Gasteiger partial charge on any atom is 0.406 e. The second kappa shape index (κ2) is 5.80. The van der Waals surface area contributed by atoms with Crippen molar-refractivity contribution in [3.63, 3.8) is 0 Å². The number of carbonyl (C=O) groups excluding carboxylic acids is 1. The third-order valence-electron chi connectivity index (χ3n) is 2.22. The molecule has 1 aromatic carbocycles. The molecule has 0 aromatic heterocycles. The van der Waals surface area contributed by atoms with Crippen LogP contribution in [0.5, 0.6) is 0 Å². The zero-order valence-electron chi connectivity index (χ0n) is 9.39. The van der Waals surface area contributed by atoms with Crippen molar-refractivity contribution in [2.75, 3.05) is 13.1 Å². The minimum atomic E-state index is -4.45. The fraction of sp³-hybridized carbons (Fsp3) is 0.364. The van der Waals surface area contributed by atoms with Gasteiger partial charge in [-0.15, -0.1) is 0 Å². The van der Waals surface area contributed by atoms with E-state index in [9.17, 15) is 18.0 Å². The molecule has 0 aliphatic rings. The molecule has 0 radical (unpaired) electrons. The summed E-state index contributed by atoms with van der Waals surface area (Å²) in [7, 11) is 0. The van der Waals surface area contributed by atoms with E-state index >= 15 is 0 Å². The third-order valence-corrected chi connectivity index (χ3v) is 3.04. The van der Waals surface area contributed by atoms with E-state index in [4.69, 9.17) is 23.2 Å². The van der Waals surface area contributed by atoms with Gasteiger partial charge in [0.15, 0.2) is 0 Å². The molecule has 0 aliphatic carbocycles. The second-order valence-electron chi connectivity index (χ2n) is 3.54. The standard InChI is InChI=1S/C11H10Cl2F3NO/c1-2-17(6-11(14,15)16)10(18)7-4-3-5-8(12)9(7)13/h3-5H,2,6H2,1H3. The van der Waals surface area contributed by atoms with E-state index in [2.05, 4.69) is 0 Å². The third kappa shape index (κ3) is 3.78. The SMILES string of the molecule is CCN(CC(F)(F)F)C(=O)c1cccc(Cl)c1Cl. The highest BCUT2D eigenvalue weighted by Gasteiger charge is 2.33. The Morgan fingerprint density at radius 3 is 2.44 bits per heavy atom. The summed E-state index contributed by atoms with van der Waals surface area (Å²) in [5, 5.41) is 0.0929. The minimum absolute atomic E-state index is 0.0322. The summed E-state index contributed by atoms with van der Waals surface area (Å²) < 4.78 is 36.9. The van der Waals surface area contributed by atoms with E-state index in [0.717, 1.165) is 0 Å². The lowest BCUT2D eigenvalue weighted by molar-refractivity contribution is -0.140. The van der Waals surface area contributed by atoms with Crippen LogP contribution >= 0.6 is 23.2 Å². The molecule has 0 spiro atoms. The largest absolute Gasteiger partial charge is 0.406 e. The molecule has 1 rings (SSSR count). The van der Waals surface area contributed by atoms with Crippen LogP contribution in [0.2, 0.25) is 10.0 Å². The van der Waals surface area contributed by atoms with Gasteiger partial charge in [-0.1, -0.05) is 29.3 Å². The summed E-state index contributed by atoms with van der Waals surface area (Å²) in [6, 6.07) is 4.26. The van der Waals surface area contributed by atoms with Gasteiger partial charge in [-0.3, -0.25) is 4.79 Å². The van der Waals surface area contributed by atoms with Crippen LogP contribution in [0.4, 0.5) is 13.2 Å². The van der Waals surface area contributed by atoms with Crippen LogP contribution in [0.1, 0.15) is 17.3 Å². The van der Waals surface area contributed by atoms with Crippen LogP contribution in [0, 0.1) is 0 Å². The van der Waals surface area contributed by atoms with Crippen LogP contribution in [0.3, 0.4) is 0 Å². The van der Waals surface area contributed by atoms with Crippen LogP contribution in [0.25, 0.3) is 0 Å². The Kier molecular flexibility index (Phi) is 4.87. The number of nitrogens with zero attached hydrogens (tertiary/aromatic N) is 1. The Labute approximate surface area is 112 Å². The van der Waals surface area contributed by atoms with E-state index in [-0.39, 0.29) is 22.2 Å². The summed E-state index contributed by atoms with van der Waals surface area (Å²) in [6.45, 7) is 0.0778. The van der Waals surface area contributed by atoms with Gasteiger partial charge < -0.3 is 4.90 Å². The van der Waals surface area contributed by atoms with E-state index in [1.54, 1.807) is 0 Å². The predicted octanol–water partition coefficient (Wildman–Crippen LogP) is 4.02. The lowest BCUT2D eigenvalue weighted by atomic mass is 10.2. The van der Waals surface area contributed by atoms with Gasteiger partial charge in [0.25, 0.3) is 5.91 Å². The van der Waals surface area contributed by atoms with Crippen molar-refractivity contribution >= 4 is 29.1 Å². The number of hydrogen-bond acceptors (Lipinski definition) is 1. The molecule has 0 N–H and O–H groups in total. The van der Waals surface area contributed by atoms with Gasteiger partial charge in [0.2, 0.25) is 0 Å². The highest BCUT2D eigenvalue weighted by atomic mass is 35.5. The van der Waals surface area contributed by atoms with E-state index in [1.807, 2.05) is 0 Å². The van der Waals surface area contributed by atoms with Gasteiger partial charge in [-0.2, -0.15) is 13.2 Å². The number of amides is 1. The average molecular weight is 300 g/mol. The first-order valence-corrected chi connectivity index (χ1v) is 5.82. The molecule has 2 nitrogen and oxygen atoms in total. The van der Waals surface area contributed by atoms with Crippen molar-refractivity contribution in [1.29, 1.82) is 0 Å². The molecule has 18 heavy (non-hydrogen) atoms. The molecule has 0 fully saturated rings. The van der Waals surface area contributed by atoms with E-state index in [1.165, 1.54) is 25.1 Å². The Morgan fingerprint density at radius 2 is 1.94 bits per heavy atom. The Morgan fingerprint density at radius 1 is 1.33 bits per heavy atom. The normalized spacial score (nSPS) is 11.4. The maximum atomic E-state index is 12.3. The molecule has 7 heteroatoms. The zero-order valence-corrected chi connectivity index (χ0v) is 10.9. The van der Waals surface area contributed by atoms with Crippen LogP contribution in [0.15, 0.2) is 18.2 Å². The summed E-state index contributed by atoms with van der Waals surface area (Å²) >= 11 is 11.5. The van der Waals surface area contributed by atoms with Crippen molar-refractivity contribution < 1.29 is 18.0 Å². The molecule has 0 aliphatic heterocycles. The lowest BCUT2D eigenvalue weighted by Crippen LogP contribution is -2.38. The number of halogens is 5. The molecule has 0 heterocycles. The first-order chi connectivity index (χ1) is 8.26. The van der Waals surface area contributed by atoms with Gasteiger partial charge >= 0.3 is 6.18 Å². The van der Waals surface area contributed by atoms with E-state index in [0.29, 0.717) is 4.90 Å². The monoisotopic (exact) mass is 299 g/mol. The number of alkyl halides is 3. The topological polar surface area (TPSA) is 20.3 Å². The van der Waals surface area contributed by atoms with Crippen molar-refractivity contribution in [3.8, 4) is 0 Å². The second-order valence-corrected chi connectivity index (χ2v) is 4.32. The summed E-state index contributed by atoms with van der Waals surface area (Å²) in [6.07, 6.45) is -4.45. The molecule has 1 amide bonds. The molecule has 0 saturated carbocycles. The van der Waals surface area contributed by atoms with Gasteiger partial charge in [0, 0.05) is 6.54 Å². The van der Waals surface area contributed by atoms with Crippen molar-refractivity contribution in [3.05, 3.63) is 33.8 Å². The smallest absolute Gasteiger partial charge is 0.330 e. The van der Waals surface area contributed by atoms with Crippen LogP contribution < -0.4 is 0 Å². The summed E-state index contributed by atoms with van der Waals surface area (Å²) in [5.41, 5.74) is -0.0322. The summed E-state index contributed by atoms with van der Waals surface area (Å²) in [4.78, 5) is 12.6. The Balaban J connectivity index is 3.01. The Hall–Kier alpha value is -0.940. The molecule has 0 unspecified atom stereocenters. The number of hydrogen-bond donors (Lipinski definition) is 0. The van der Waals surface area contributed by atoms with Crippen molar-refractivity contribution in [1.82, 2.24) is 4.90 Å². The lowest BCUT2D eigenvalue weighted by Gasteiger charge is -2.22. The van der Waals surface area contributed by atoms with Gasteiger partial charge in [0.1, 0.15) is 6.54 Å². The molecule has 100 valence electrons. The van der Waals surface area contributed by atoms with Crippen molar-refractivity contribution in [2.45, 2.75) is 13.1 Å². The molecular formula is C11H10Cl2F3NO. The fourth-order valence-corrected chi connectivity index (χ4v) is 1.76. The maximum absolute atomic E-state index is 12.3. The quantitative estimate of drug-likeness (QED) is 0.825. The van der Waals surface area contributed by atoms with Crippen LogP contribution in [-0.2, 0) is 0 Å². The number of rotatable bonds is 3. The van der Waals surface area contributed by atoms with Gasteiger partial charge in [-0.25, -0.2) is 0 Å². The van der Waals surface area contributed by atoms with Crippen LogP contribution in [-0.4, -0.2) is 30.1 Å². The molecular weight excluding hydrogens is 290 g/mol. The van der Waals surface area contributed by atoms with E-state index < -0.39 is 18.6 Å². The fourth-order valence-electron chi connectivity index (χ4n) is 1.38. The number of carbonyl (C=O) groups is 1. The average Bonchev–Trinajstić information content (AvgIpc) is 2.27. The Bertz CT molecular complexity index is 448. The van der Waals surface area contributed by atoms with Gasteiger partial charge in [0.05, 0.1) is 15.6 Å². The zero-order chi connectivity index (χ0) is 13.9. The highest BCUT2D eigenvalue weighted by Crippen LogP contribution is 2.27. The first-order valence-electron chi connectivity index (χ1n) is 5.06. The predicted molar refractivity (Wildman–Crippen MR) is 64.1 cm³/mol.